The van der Waals surface area contributed by atoms with E-state index >= 15 is 0 Å². The molecule has 134 valence electrons. The monoisotopic (exact) mass is 371 g/mol. The Labute approximate surface area is 153 Å². The number of hydrogen-bond acceptors (Lipinski definition) is 6. The van der Waals surface area contributed by atoms with Gasteiger partial charge in [-0.15, -0.1) is 11.3 Å². The maximum Gasteiger partial charge on any atom is 0.328 e. The average molecular weight is 371 g/mol. The minimum absolute atomic E-state index is 0.295. The molecule has 1 atom stereocenters. The highest BCUT2D eigenvalue weighted by Crippen LogP contribution is 2.26. The van der Waals surface area contributed by atoms with Gasteiger partial charge in [-0.1, -0.05) is 30.3 Å². The zero-order valence-corrected chi connectivity index (χ0v) is 15.1. The lowest BCUT2D eigenvalue weighted by molar-refractivity contribution is -0.142. The lowest BCUT2D eigenvalue weighted by atomic mass is 10.1. The van der Waals surface area contributed by atoms with E-state index in [1.54, 1.807) is 6.92 Å². The minimum atomic E-state index is -0.828. The van der Waals surface area contributed by atoms with E-state index in [-0.39, 0.29) is 5.56 Å². The van der Waals surface area contributed by atoms with Crippen LogP contribution in [0.2, 0.25) is 0 Å². The van der Waals surface area contributed by atoms with Gasteiger partial charge in [-0.05, 0) is 18.1 Å². The van der Waals surface area contributed by atoms with E-state index < -0.39 is 17.9 Å². The first-order valence-corrected chi connectivity index (χ1v) is 8.72. The summed E-state index contributed by atoms with van der Waals surface area (Å²) in [5.41, 5.74) is 1.14. The van der Waals surface area contributed by atoms with Crippen LogP contribution in [0.4, 0.5) is 0 Å². The predicted molar refractivity (Wildman–Crippen MR) is 98.4 cm³/mol. The van der Waals surface area contributed by atoms with Crippen LogP contribution in [0.15, 0.2) is 41.5 Å². The van der Waals surface area contributed by atoms with Gasteiger partial charge in [-0.25, -0.2) is 9.78 Å². The van der Waals surface area contributed by atoms with Crippen LogP contribution in [-0.4, -0.2) is 35.0 Å². The maximum absolute atomic E-state index is 12.7. The third-order valence-electron chi connectivity index (χ3n) is 4.01. The summed E-state index contributed by atoms with van der Waals surface area (Å²) in [6.45, 7) is 1.69. The number of methoxy groups -OCH3 is 1. The number of aromatic nitrogens is 2. The van der Waals surface area contributed by atoms with Crippen LogP contribution in [-0.2, 0) is 16.0 Å². The number of hydrogen-bond donors (Lipinski definition) is 2. The summed E-state index contributed by atoms with van der Waals surface area (Å²) in [5, 5.41) is 3.10. The number of nitrogens with one attached hydrogen (secondary N) is 2. The zero-order valence-electron chi connectivity index (χ0n) is 14.2. The quantitative estimate of drug-likeness (QED) is 0.666. The van der Waals surface area contributed by atoms with Gasteiger partial charge in [0.15, 0.2) is 0 Å². The number of benzene rings is 1. The fourth-order valence-electron chi connectivity index (χ4n) is 2.70. The van der Waals surface area contributed by atoms with Gasteiger partial charge in [0.1, 0.15) is 10.9 Å². The van der Waals surface area contributed by atoms with Gasteiger partial charge in [-0.2, -0.15) is 0 Å². The number of rotatable bonds is 5. The van der Waals surface area contributed by atoms with Crippen LogP contribution in [0.25, 0.3) is 10.2 Å². The van der Waals surface area contributed by atoms with Gasteiger partial charge in [-0.3, -0.25) is 9.59 Å². The van der Waals surface area contributed by atoms with E-state index in [2.05, 4.69) is 15.3 Å². The maximum atomic E-state index is 12.7. The summed E-state index contributed by atoms with van der Waals surface area (Å²) in [4.78, 5) is 44.2. The third-order valence-corrected chi connectivity index (χ3v) is 5.21. The third kappa shape index (κ3) is 3.50. The summed E-state index contributed by atoms with van der Waals surface area (Å²) in [6, 6.07) is 8.51. The van der Waals surface area contributed by atoms with E-state index in [0.717, 1.165) is 16.9 Å². The summed E-state index contributed by atoms with van der Waals surface area (Å²) in [7, 11) is 1.28. The fraction of sp³-hybridized carbons (Fsp3) is 0.222. The number of H-pyrrole nitrogens is 1. The van der Waals surface area contributed by atoms with E-state index in [9.17, 15) is 14.4 Å². The van der Waals surface area contributed by atoms with E-state index in [0.29, 0.717) is 27.1 Å². The predicted octanol–water partition coefficient (Wildman–Crippen LogP) is 1.81. The molecule has 0 aliphatic rings. The van der Waals surface area contributed by atoms with Gasteiger partial charge in [0.25, 0.3) is 11.5 Å². The molecule has 0 radical (unpaired) electrons. The Balaban J connectivity index is 1.88. The highest BCUT2D eigenvalue weighted by molar-refractivity contribution is 7.20. The number of carbonyl (C=O) groups excluding carboxylic acids is 2. The first kappa shape index (κ1) is 17.8. The van der Waals surface area contributed by atoms with Crippen LogP contribution in [0.1, 0.15) is 20.8 Å². The smallest absolute Gasteiger partial charge is 0.328 e. The van der Waals surface area contributed by atoms with E-state index in [4.69, 9.17) is 4.74 Å². The molecule has 0 aliphatic heterocycles. The number of fused-ring (bicyclic) bond motifs is 1. The van der Waals surface area contributed by atoms with Crippen molar-refractivity contribution in [1.29, 1.82) is 0 Å². The standard InChI is InChI=1S/C18H17N3O4S/c1-10-13-15(22)19-9-20-17(13)26-14(10)16(23)21-12(18(24)25-2)8-11-6-4-3-5-7-11/h3-7,9,12H,8H2,1-2H3,(H,21,23)(H,19,20,22)/t12-/m1/s1. The average Bonchev–Trinajstić information content (AvgIpc) is 2.99. The fourth-order valence-corrected chi connectivity index (χ4v) is 3.76. The van der Waals surface area contributed by atoms with E-state index in [1.165, 1.54) is 13.4 Å². The molecule has 0 aliphatic carbocycles. The summed E-state index contributed by atoms with van der Waals surface area (Å²) >= 11 is 1.12. The van der Waals surface area contributed by atoms with E-state index in [1.807, 2.05) is 30.3 Å². The van der Waals surface area contributed by atoms with Crippen molar-refractivity contribution < 1.29 is 14.3 Å². The Morgan fingerprint density at radius 2 is 2.04 bits per heavy atom. The van der Waals surface area contributed by atoms with Gasteiger partial charge in [0, 0.05) is 6.42 Å². The molecule has 0 bridgehead atoms. The van der Waals surface area contributed by atoms with Crippen molar-refractivity contribution in [1.82, 2.24) is 15.3 Å². The minimum Gasteiger partial charge on any atom is -0.467 e. The summed E-state index contributed by atoms with van der Waals surface area (Å²) < 4.78 is 4.81. The molecule has 2 heterocycles. The molecule has 0 saturated carbocycles. The van der Waals surface area contributed by atoms with Crippen LogP contribution in [0.5, 0.6) is 0 Å². The van der Waals surface area contributed by atoms with Gasteiger partial charge < -0.3 is 15.0 Å². The molecule has 0 saturated heterocycles. The molecule has 2 aromatic heterocycles. The molecule has 0 spiro atoms. The SMILES string of the molecule is COC(=O)[C@@H](Cc1ccccc1)NC(=O)c1sc2nc[nH]c(=O)c2c1C. The van der Waals surface area contributed by atoms with Crippen LogP contribution < -0.4 is 10.9 Å². The Bertz CT molecular complexity index is 1010. The second-order valence-electron chi connectivity index (χ2n) is 5.71. The number of carbonyl (C=O) groups is 2. The molecule has 3 rings (SSSR count). The van der Waals surface area contributed by atoms with Crippen molar-refractivity contribution in [3.8, 4) is 0 Å². The molecule has 8 heteroatoms. The molecule has 3 aromatic rings. The highest BCUT2D eigenvalue weighted by atomic mass is 32.1. The first-order chi connectivity index (χ1) is 12.5. The molecule has 1 aromatic carbocycles. The first-order valence-electron chi connectivity index (χ1n) is 7.90. The molecule has 2 N–H and O–H groups in total. The Morgan fingerprint density at radius 1 is 1.31 bits per heavy atom. The molecular weight excluding hydrogens is 354 g/mol. The highest BCUT2D eigenvalue weighted by Gasteiger charge is 2.25. The van der Waals surface area contributed by atoms with Crippen molar-refractivity contribution in [2.24, 2.45) is 0 Å². The second-order valence-corrected chi connectivity index (χ2v) is 6.71. The zero-order chi connectivity index (χ0) is 18.7. The Hall–Kier alpha value is -3.00. The van der Waals surface area contributed by atoms with Crippen LogP contribution in [0.3, 0.4) is 0 Å². The van der Waals surface area contributed by atoms with Crippen molar-refractivity contribution in [3.05, 3.63) is 63.0 Å². The van der Waals surface area contributed by atoms with Crippen molar-refractivity contribution in [2.45, 2.75) is 19.4 Å². The Kier molecular flexibility index (Phi) is 5.13. The lowest BCUT2D eigenvalue weighted by Gasteiger charge is -2.16. The molecule has 0 fully saturated rings. The van der Waals surface area contributed by atoms with Crippen LogP contribution >= 0.6 is 11.3 Å². The number of amides is 1. The molecule has 0 unspecified atom stereocenters. The molecule has 26 heavy (non-hydrogen) atoms. The second kappa shape index (κ2) is 7.49. The van der Waals surface area contributed by atoms with Gasteiger partial charge in [0.05, 0.1) is 23.7 Å². The van der Waals surface area contributed by atoms with Crippen molar-refractivity contribution in [2.75, 3.05) is 7.11 Å². The number of thiophene rings is 1. The molecule has 7 nitrogen and oxygen atoms in total. The number of nitrogens with zero attached hydrogens (tertiary/aromatic N) is 1. The largest absolute Gasteiger partial charge is 0.467 e. The lowest BCUT2D eigenvalue weighted by Crippen LogP contribution is -2.43. The van der Waals surface area contributed by atoms with Gasteiger partial charge >= 0.3 is 5.97 Å². The molecular formula is C18H17N3O4S. The van der Waals surface area contributed by atoms with Crippen molar-refractivity contribution >= 4 is 33.4 Å². The number of ether oxygens (including phenoxy) is 1. The summed E-state index contributed by atoms with van der Waals surface area (Å²) in [5.74, 6) is -0.965. The Morgan fingerprint density at radius 3 is 2.69 bits per heavy atom. The number of aryl methyl sites for hydroxylation is 1. The van der Waals surface area contributed by atoms with Crippen molar-refractivity contribution in [3.63, 3.8) is 0 Å². The summed E-state index contributed by atoms with van der Waals surface area (Å²) in [6.07, 6.45) is 1.61. The topological polar surface area (TPSA) is 101 Å². The normalized spacial score (nSPS) is 11.9. The van der Waals surface area contributed by atoms with Gasteiger partial charge in [0.2, 0.25) is 0 Å². The number of aromatic amines is 1. The number of esters is 1. The molecule has 1 amide bonds. The van der Waals surface area contributed by atoms with Crippen LogP contribution in [0, 0.1) is 6.92 Å².